The van der Waals surface area contributed by atoms with Gasteiger partial charge in [0, 0.05) is 22.6 Å². The predicted molar refractivity (Wildman–Crippen MR) is 123 cm³/mol. The summed E-state index contributed by atoms with van der Waals surface area (Å²) >= 11 is 3.37. The lowest BCUT2D eigenvalue weighted by Crippen LogP contribution is -2.16. The Morgan fingerprint density at radius 1 is 0.970 bits per heavy atom. The van der Waals surface area contributed by atoms with Crippen LogP contribution in [0.5, 0.6) is 11.5 Å². The third kappa shape index (κ3) is 4.71. The van der Waals surface area contributed by atoms with Crippen molar-refractivity contribution in [3.63, 3.8) is 0 Å². The van der Waals surface area contributed by atoms with E-state index in [4.69, 9.17) is 10.5 Å². The predicted octanol–water partition coefficient (Wildman–Crippen LogP) is 7.06. The highest BCUT2D eigenvalue weighted by Crippen LogP contribution is 2.38. The monoisotopic (exact) mass is 514 g/mol. The number of halogens is 4. The largest absolute Gasteiger partial charge is 0.457 e. The van der Waals surface area contributed by atoms with Crippen molar-refractivity contribution in [2.24, 2.45) is 5.73 Å². The molecule has 1 amide bonds. The van der Waals surface area contributed by atoms with Gasteiger partial charge < -0.3 is 10.5 Å². The van der Waals surface area contributed by atoms with E-state index >= 15 is 0 Å². The fourth-order valence-corrected chi connectivity index (χ4v) is 4.13. The van der Waals surface area contributed by atoms with E-state index in [0.717, 1.165) is 23.2 Å². The van der Waals surface area contributed by atoms with E-state index in [-0.39, 0.29) is 11.7 Å². The van der Waals surface area contributed by atoms with Crippen LogP contribution in [0.2, 0.25) is 0 Å². The van der Waals surface area contributed by atoms with E-state index in [0.29, 0.717) is 26.9 Å². The zero-order valence-corrected chi connectivity index (χ0v) is 18.9. The quantitative estimate of drug-likeness (QED) is 0.290. The summed E-state index contributed by atoms with van der Waals surface area (Å²) in [5, 5.41) is 1.43. The molecule has 0 saturated carbocycles. The molecule has 4 rings (SSSR count). The second-order valence-electron chi connectivity index (χ2n) is 7.47. The number of fused-ring (bicyclic) bond motifs is 1. The van der Waals surface area contributed by atoms with Gasteiger partial charge in [0.15, 0.2) is 0 Å². The van der Waals surface area contributed by atoms with Gasteiger partial charge in [0.2, 0.25) is 5.91 Å². The molecule has 0 bridgehead atoms. The summed E-state index contributed by atoms with van der Waals surface area (Å²) in [4.78, 5) is 16.7. The maximum absolute atomic E-state index is 12.9. The summed E-state index contributed by atoms with van der Waals surface area (Å²) < 4.78 is 45.1. The third-order valence-electron chi connectivity index (χ3n) is 5.35. The Bertz CT molecular complexity index is 1340. The van der Waals surface area contributed by atoms with Crippen LogP contribution >= 0.6 is 15.9 Å². The fourth-order valence-electron chi connectivity index (χ4n) is 3.77. The summed E-state index contributed by atoms with van der Waals surface area (Å²) in [6.45, 7) is 1.93. The smallest absolute Gasteiger partial charge is 0.416 e. The van der Waals surface area contributed by atoms with Crippen molar-refractivity contribution < 1.29 is 22.7 Å². The van der Waals surface area contributed by atoms with Crippen LogP contribution in [0, 0.1) is 0 Å². The van der Waals surface area contributed by atoms with Gasteiger partial charge >= 0.3 is 6.18 Å². The molecule has 0 aliphatic carbocycles. The highest BCUT2D eigenvalue weighted by atomic mass is 79.9. The van der Waals surface area contributed by atoms with Crippen molar-refractivity contribution in [2.75, 3.05) is 0 Å². The number of pyridine rings is 1. The van der Waals surface area contributed by atoms with Gasteiger partial charge in [-0.25, -0.2) is 4.98 Å². The van der Waals surface area contributed by atoms with E-state index in [1.54, 1.807) is 24.3 Å². The first-order valence-electron chi connectivity index (χ1n) is 9.98. The molecule has 168 valence electrons. The molecule has 8 heteroatoms. The van der Waals surface area contributed by atoms with Gasteiger partial charge in [-0.2, -0.15) is 13.2 Å². The SMILES string of the molecule is CC(c1cccc(Br)n1)c1c(C(N)=O)ccc2c(Oc3ccc(C(F)(F)F)cc3)cccc12. The van der Waals surface area contributed by atoms with Crippen LogP contribution in [-0.2, 0) is 6.18 Å². The van der Waals surface area contributed by atoms with E-state index in [2.05, 4.69) is 20.9 Å². The van der Waals surface area contributed by atoms with Gasteiger partial charge in [-0.3, -0.25) is 4.79 Å². The number of nitrogens with two attached hydrogens (primary N) is 1. The van der Waals surface area contributed by atoms with Crippen molar-refractivity contribution in [2.45, 2.75) is 19.0 Å². The van der Waals surface area contributed by atoms with Crippen LogP contribution in [-0.4, -0.2) is 10.9 Å². The highest BCUT2D eigenvalue weighted by molar-refractivity contribution is 9.10. The Kier molecular flexibility index (Phi) is 6.12. The number of benzene rings is 3. The van der Waals surface area contributed by atoms with Crippen molar-refractivity contribution >= 4 is 32.6 Å². The molecule has 0 fully saturated rings. The van der Waals surface area contributed by atoms with Crippen molar-refractivity contribution in [1.82, 2.24) is 4.98 Å². The Morgan fingerprint density at radius 3 is 2.30 bits per heavy atom. The summed E-state index contributed by atoms with van der Waals surface area (Å²) in [5.74, 6) is -0.130. The molecule has 4 nitrogen and oxygen atoms in total. The van der Waals surface area contributed by atoms with Gasteiger partial charge in [-0.15, -0.1) is 0 Å². The average molecular weight is 515 g/mol. The van der Waals surface area contributed by atoms with Gasteiger partial charge in [0.05, 0.1) is 5.56 Å². The first kappa shape index (κ1) is 22.8. The summed E-state index contributed by atoms with van der Waals surface area (Å²) in [6.07, 6.45) is -4.42. The molecule has 0 radical (unpaired) electrons. The number of aromatic nitrogens is 1. The maximum atomic E-state index is 12.9. The van der Waals surface area contributed by atoms with Crippen LogP contribution in [0.4, 0.5) is 13.2 Å². The fraction of sp³-hybridized carbons (Fsp3) is 0.120. The lowest BCUT2D eigenvalue weighted by molar-refractivity contribution is -0.137. The number of carbonyl (C=O) groups is 1. The van der Waals surface area contributed by atoms with Gasteiger partial charge in [-0.05, 0) is 81.5 Å². The molecule has 1 unspecified atom stereocenters. The molecule has 3 aromatic carbocycles. The Morgan fingerprint density at radius 2 is 1.67 bits per heavy atom. The number of primary amides is 1. The Balaban J connectivity index is 1.81. The minimum Gasteiger partial charge on any atom is -0.457 e. The molecule has 4 aromatic rings. The van der Waals surface area contributed by atoms with E-state index in [1.807, 2.05) is 31.2 Å². The summed E-state index contributed by atoms with van der Waals surface area (Å²) in [6, 6.07) is 18.7. The zero-order chi connectivity index (χ0) is 23.8. The normalized spacial score (nSPS) is 12.5. The number of alkyl halides is 3. The van der Waals surface area contributed by atoms with Crippen LogP contribution < -0.4 is 10.5 Å². The minimum absolute atomic E-state index is 0.262. The third-order valence-corrected chi connectivity index (χ3v) is 5.79. The first-order chi connectivity index (χ1) is 15.6. The molecule has 0 aliphatic heterocycles. The minimum atomic E-state index is -4.42. The summed E-state index contributed by atoms with van der Waals surface area (Å²) in [7, 11) is 0. The molecule has 0 aliphatic rings. The number of hydrogen-bond acceptors (Lipinski definition) is 3. The molecular formula is C25H18BrF3N2O2. The number of ether oxygens (including phenoxy) is 1. The standard InChI is InChI=1S/C25H18BrF3N2O2/c1-14(20-5-3-7-22(26)31-20)23-18-4-2-6-21(17(18)12-13-19(23)24(30)32)33-16-10-8-15(9-11-16)25(27,28)29/h2-14H,1H3,(H2,30,32). The molecule has 1 aromatic heterocycles. The number of rotatable bonds is 5. The second kappa shape index (κ2) is 8.86. The van der Waals surface area contributed by atoms with Crippen LogP contribution in [0.3, 0.4) is 0 Å². The molecule has 0 saturated heterocycles. The molecule has 1 heterocycles. The van der Waals surface area contributed by atoms with E-state index in [9.17, 15) is 18.0 Å². The molecular weight excluding hydrogens is 497 g/mol. The number of hydrogen-bond donors (Lipinski definition) is 1. The second-order valence-corrected chi connectivity index (χ2v) is 8.29. The molecule has 1 atom stereocenters. The number of amides is 1. The number of carbonyl (C=O) groups excluding carboxylic acids is 1. The first-order valence-corrected chi connectivity index (χ1v) is 10.8. The van der Waals surface area contributed by atoms with Crippen LogP contribution in [0.15, 0.2) is 77.4 Å². The maximum Gasteiger partial charge on any atom is 0.416 e. The molecule has 2 N–H and O–H groups in total. The highest BCUT2D eigenvalue weighted by Gasteiger charge is 2.30. The number of nitrogens with zero attached hydrogens (tertiary/aromatic N) is 1. The topological polar surface area (TPSA) is 65.2 Å². The molecule has 0 spiro atoms. The molecule has 33 heavy (non-hydrogen) atoms. The van der Waals surface area contributed by atoms with Crippen LogP contribution in [0.25, 0.3) is 10.8 Å². The van der Waals surface area contributed by atoms with E-state index < -0.39 is 17.6 Å². The Labute approximate surface area is 196 Å². The Hall–Kier alpha value is -3.39. The summed E-state index contributed by atoms with van der Waals surface area (Å²) in [5.41, 5.74) is 6.72. The van der Waals surface area contributed by atoms with Crippen molar-refractivity contribution in [3.8, 4) is 11.5 Å². The lowest BCUT2D eigenvalue weighted by atomic mass is 9.87. The van der Waals surface area contributed by atoms with Gasteiger partial charge in [0.25, 0.3) is 0 Å². The lowest BCUT2D eigenvalue weighted by Gasteiger charge is -2.19. The van der Waals surface area contributed by atoms with Gasteiger partial charge in [0.1, 0.15) is 16.1 Å². The average Bonchev–Trinajstić information content (AvgIpc) is 2.77. The van der Waals surface area contributed by atoms with E-state index in [1.165, 1.54) is 12.1 Å². The van der Waals surface area contributed by atoms with Gasteiger partial charge in [-0.1, -0.05) is 25.1 Å². The van der Waals surface area contributed by atoms with Crippen molar-refractivity contribution in [3.05, 3.63) is 99.8 Å². The van der Waals surface area contributed by atoms with Crippen LogP contribution in [0.1, 0.15) is 40.0 Å². The van der Waals surface area contributed by atoms with Crippen molar-refractivity contribution in [1.29, 1.82) is 0 Å². The zero-order valence-electron chi connectivity index (χ0n) is 17.4.